The van der Waals surface area contributed by atoms with Gasteiger partial charge in [0, 0.05) is 5.41 Å². The van der Waals surface area contributed by atoms with Crippen LogP contribution < -0.4 is 0 Å². The molecule has 0 aliphatic carbocycles. The summed E-state index contributed by atoms with van der Waals surface area (Å²) in [6, 6.07) is 20.3. The molecule has 0 amide bonds. The smallest absolute Gasteiger partial charge is 0.0671 e. The molecular weight excluding hydrogens is 220 g/mol. The zero-order chi connectivity index (χ0) is 13.0. The molecule has 1 N–H and O–H groups in total. The van der Waals surface area contributed by atoms with Gasteiger partial charge in [0.05, 0.1) is 6.10 Å². The van der Waals surface area contributed by atoms with Crippen LogP contribution in [0.25, 0.3) is 0 Å². The monoisotopic (exact) mass is 240 g/mol. The maximum Gasteiger partial charge on any atom is 0.0671 e. The summed E-state index contributed by atoms with van der Waals surface area (Å²) < 4.78 is 0. The molecule has 0 fully saturated rings. The number of rotatable bonds is 4. The van der Waals surface area contributed by atoms with Crippen molar-refractivity contribution in [1.82, 2.24) is 0 Å². The number of aliphatic hydroxyl groups excluding tert-OH is 1. The Morgan fingerprint density at radius 3 is 1.94 bits per heavy atom. The van der Waals surface area contributed by atoms with E-state index in [0.29, 0.717) is 6.42 Å². The molecule has 0 heterocycles. The standard InChI is InChI=1S/C17H20O/c1-17(2,15-11-7-4-8-12-15)16(18)13-14-9-5-3-6-10-14/h3-12,16,18H,13H2,1-2H3. The Hall–Kier alpha value is -1.60. The summed E-state index contributed by atoms with van der Waals surface area (Å²) in [6.45, 7) is 4.19. The maximum atomic E-state index is 10.5. The molecule has 0 spiro atoms. The van der Waals surface area contributed by atoms with E-state index in [2.05, 4.69) is 38.1 Å². The van der Waals surface area contributed by atoms with Crippen molar-refractivity contribution in [2.75, 3.05) is 0 Å². The molecule has 1 heteroatoms. The second-order valence-corrected chi connectivity index (χ2v) is 5.29. The Morgan fingerprint density at radius 1 is 0.889 bits per heavy atom. The SMILES string of the molecule is CC(C)(c1ccccc1)C(O)Cc1ccccc1. The van der Waals surface area contributed by atoms with Crippen LogP contribution in [0.15, 0.2) is 60.7 Å². The van der Waals surface area contributed by atoms with Gasteiger partial charge in [-0.3, -0.25) is 0 Å². The molecule has 1 atom stereocenters. The van der Waals surface area contributed by atoms with Gasteiger partial charge in [0.25, 0.3) is 0 Å². The zero-order valence-electron chi connectivity index (χ0n) is 11.0. The molecule has 0 aliphatic rings. The number of benzene rings is 2. The van der Waals surface area contributed by atoms with Gasteiger partial charge in [-0.25, -0.2) is 0 Å². The molecule has 2 rings (SSSR count). The van der Waals surface area contributed by atoms with Crippen LogP contribution in [0.3, 0.4) is 0 Å². The van der Waals surface area contributed by atoms with Crippen LogP contribution in [-0.2, 0) is 11.8 Å². The molecule has 2 aromatic rings. The van der Waals surface area contributed by atoms with Gasteiger partial charge in [-0.2, -0.15) is 0 Å². The molecule has 2 aromatic carbocycles. The molecule has 0 bridgehead atoms. The third-order valence-corrected chi connectivity index (χ3v) is 3.62. The average molecular weight is 240 g/mol. The highest BCUT2D eigenvalue weighted by Crippen LogP contribution is 2.28. The molecule has 0 saturated heterocycles. The predicted molar refractivity (Wildman–Crippen MR) is 75.6 cm³/mol. The molecular formula is C17H20O. The normalized spacial score (nSPS) is 13.3. The molecule has 1 unspecified atom stereocenters. The van der Waals surface area contributed by atoms with Crippen LogP contribution in [0.2, 0.25) is 0 Å². The molecule has 94 valence electrons. The van der Waals surface area contributed by atoms with Crippen LogP contribution in [-0.4, -0.2) is 11.2 Å². The summed E-state index contributed by atoms with van der Waals surface area (Å²) in [5.41, 5.74) is 2.11. The van der Waals surface area contributed by atoms with E-state index in [9.17, 15) is 5.11 Å². The van der Waals surface area contributed by atoms with Gasteiger partial charge in [-0.1, -0.05) is 74.5 Å². The minimum Gasteiger partial charge on any atom is -0.392 e. The molecule has 0 aromatic heterocycles. The second-order valence-electron chi connectivity index (χ2n) is 5.29. The summed E-state index contributed by atoms with van der Waals surface area (Å²) in [5, 5.41) is 10.5. The largest absolute Gasteiger partial charge is 0.392 e. The fourth-order valence-corrected chi connectivity index (χ4v) is 2.15. The Bertz CT molecular complexity index is 473. The van der Waals surface area contributed by atoms with Gasteiger partial charge in [-0.05, 0) is 17.5 Å². The Labute approximate surface area is 109 Å². The van der Waals surface area contributed by atoms with Gasteiger partial charge in [0.15, 0.2) is 0 Å². The van der Waals surface area contributed by atoms with Crippen LogP contribution in [0.1, 0.15) is 25.0 Å². The molecule has 0 aliphatic heterocycles. The average Bonchev–Trinajstić information content (AvgIpc) is 2.41. The molecule has 0 radical (unpaired) electrons. The van der Waals surface area contributed by atoms with Crippen molar-refractivity contribution in [1.29, 1.82) is 0 Å². The first-order valence-electron chi connectivity index (χ1n) is 6.38. The van der Waals surface area contributed by atoms with Crippen molar-refractivity contribution >= 4 is 0 Å². The highest BCUT2D eigenvalue weighted by molar-refractivity contribution is 5.26. The van der Waals surface area contributed by atoms with Crippen molar-refractivity contribution in [3.8, 4) is 0 Å². The van der Waals surface area contributed by atoms with Gasteiger partial charge in [0.1, 0.15) is 0 Å². The first-order chi connectivity index (χ1) is 8.60. The predicted octanol–water partition coefficient (Wildman–Crippen LogP) is 3.57. The first kappa shape index (κ1) is 12.8. The summed E-state index contributed by atoms with van der Waals surface area (Å²) in [5.74, 6) is 0. The lowest BCUT2D eigenvalue weighted by molar-refractivity contribution is 0.1000. The van der Waals surface area contributed by atoms with Crippen molar-refractivity contribution in [2.45, 2.75) is 31.8 Å². The first-order valence-corrected chi connectivity index (χ1v) is 6.38. The van der Waals surface area contributed by atoms with Crippen molar-refractivity contribution in [3.05, 3.63) is 71.8 Å². The molecule has 1 nitrogen and oxygen atoms in total. The van der Waals surface area contributed by atoms with Crippen LogP contribution >= 0.6 is 0 Å². The summed E-state index contributed by atoms with van der Waals surface area (Å²) in [7, 11) is 0. The minimum absolute atomic E-state index is 0.239. The summed E-state index contributed by atoms with van der Waals surface area (Å²) in [4.78, 5) is 0. The zero-order valence-corrected chi connectivity index (χ0v) is 11.0. The lowest BCUT2D eigenvalue weighted by Crippen LogP contribution is -2.35. The number of aliphatic hydroxyl groups is 1. The quantitative estimate of drug-likeness (QED) is 0.866. The maximum absolute atomic E-state index is 10.5. The third kappa shape index (κ3) is 2.80. The minimum atomic E-state index is -0.387. The summed E-state index contributed by atoms with van der Waals surface area (Å²) >= 11 is 0. The van der Waals surface area contributed by atoms with Crippen molar-refractivity contribution in [3.63, 3.8) is 0 Å². The van der Waals surface area contributed by atoms with E-state index in [1.807, 2.05) is 36.4 Å². The van der Waals surface area contributed by atoms with E-state index >= 15 is 0 Å². The van der Waals surface area contributed by atoms with E-state index < -0.39 is 0 Å². The highest BCUT2D eigenvalue weighted by atomic mass is 16.3. The van der Waals surface area contributed by atoms with E-state index in [0.717, 1.165) is 0 Å². The van der Waals surface area contributed by atoms with Crippen molar-refractivity contribution in [2.24, 2.45) is 0 Å². The Morgan fingerprint density at radius 2 is 1.39 bits per heavy atom. The lowest BCUT2D eigenvalue weighted by atomic mass is 9.77. The fraction of sp³-hybridized carbons (Fsp3) is 0.294. The molecule has 0 saturated carbocycles. The van der Waals surface area contributed by atoms with Crippen LogP contribution in [0, 0.1) is 0 Å². The van der Waals surface area contributed by atoms with Crippen molar-refractivity contribution < 1.29 is 5.11 Å². The van der Waals surface area contributed by atoms with Gasteiger partial charge in [-0.15, -0.1) is 0 Å². The van der Waals surface area contributed by atoms with E-state index in [1.54, 1.807) is 0 Å². The van der Waals surface area contributed by atoms with E-state index in [4.69, 9.17) is 0 Å². The Kier molecular flexibility index (Phi) is 3.83. The lowest BCUT2D eigenvalue weighted by Gasteiger charge is -2.31. The van der Waals surface area contributed by atoms with Gasteiger partial charge >= 0.3 is 0 Å². The second kappa shape index (κ2) is 5.36. The van der Waals surface area contributed by atoms with Crippen LogP contribution in [0.4, 0.5) is 0 Å². The number of hydrogen-bond donors (Lipinski definition) is 1. The van der Waals surface area contributed by atoms with E-state index in [1.165, 1.54) is 11.1 Å². The molecule has 18 heavy (non-hydrogen) atoms. The van der Waals surface area contributed by atoms with Gasteiger partial charge < -0.3 is 5.11 Å². The Balaban J connectivity index is 2.15. The fourth-order valence-electron chi connectivity index (χ4n) is 2.15. The summed E-state index contributed by atoms with van der Waals surface area (Å²) in [6.07, 6.45) is 0.297. The third-order valence-electron chi connectivity index (χ3n) is 3.62. The highest BCUT2D eigenvalue weighted by Gasteiger charge is 2.29. The number of hydrogen-bond acceptors (Lipinski definition) is 1. The van der Waals surface area contributed by atoms with E-state index in [-0.39, 0.29) is 11.5 Å². The topological polar surface area (TPSA) is 20.2 Å². The van der Waals surface area contributed by atoms with Gasteiger partial charge in [0.2, 0.25) is 0 Å². The van der Waals surface area contributed by atoms with Crippen LogP contribution in [0.5, 0.6) is 0 Å².